The number of fused-ring (bicyclic) bond motifs is 1. The van der Waals surface area contributed by atoms with Crippen molar-refractivity contribution >= 4 is 0 Å². The second-order valence-corrected chi connectivity index (χ2v) is 6.82. The van der Waals surface area contributed by atoms with Crippen molar-refractivity contribution in [3.63, 3.8) is 0 Å². The lowest BCUT2D eigenvalue weighted by Crippen LogP contribution is -2.25. The quantitative estimate of drug-likeness (QED) is 0.740. The SMILES string of the molecule is C=CC(O)C[C@]1(C=C)C[C@@H]2[C@@H](C=C(C)C2(C)C)C1. The highest BCUT2D eigenvalue weighted by Gasteiger charge is 2.52. The van der Waals surface area contributed by atoms with Gasteiger partial charge in [-0.25, -0.2) is 0 Å². The van der Waals surface area contributed by atoms with E-state index >= 15 is 0 Å². The Balaban J connectivity index is 2.21. The third-order valence-electron chi connectivity index (χ3n) is 5.51. The molecular weight excluding hydrogens is 220 g/mol. The van der Waals surface area contributed by atoms with Crippen molar-refractivity contribution in [3.05, 3.63) is 37.0 Å². The van der Waals surface area contributed by atoms with Gasteiger partial charge in [0, 0.05) is 0 Å². The number of rotatable bonds is 4. The van der Waals surface area contributed by atoms with Gasteiger partial charge in [0.05, 0.1) is 6.10 Å². The lowest BCUT2D eigenvalue weighted by molar-refractivity contribution is 0.151. The molecule has 1 N–H and O–H groups in total. The maximum absolute atomic E-state index is 9.88. The van der Waals surface area contributed by atoms with Crippen molar-refractivity contribution in [2.75, 3.05) is 0 Å². The number of aliphatic hydroxyl groups is 1. The summed E-state index contributed by atoms with van der Waals surface area (Å²) in [4.78, 5) is 0. The number of aliphatic hydroxyl groups excluding tert-OH is 1. The van der Waals surface area contributed by atoms with Crippen LogP contribution in [0.5, 0.6) is 0 Å². The zero-order chi connectivity index (χ0) is 13.6. The average Bonchev–Trinajstić information content (AvgIpc) is 2.77. The maximum atomic E-state index is 9.88. The van der Waals surface area contributed by atoms with E-state index in [1.54, 1.807) is 6.08 Å². The Hall–Kier alpha value is -0.820. The highest BCUT2D eigenvalue weighted by atomic mass is 16.3. The summed E-state index contributed by atoms with van der Waals surface area (Å²) in [6.07, 6.45) is 8.82. The molecule has 4 atom stereocenters. The standard InChI is InChI=1S/C17H26O/c1-6-14(18)10-17(7-2)9-13-8-12(3)16(4,5)15(13)11-17/h6-8,13-15,18H,1-2,9-11H2,3-5H3/t13-,14?,15+,17+/m0/s1. The lowest BCUT2D eigenvalue weighted by Gasteiger charge is -2.33. The molecule has 1 unspecified atom stereocenters. The van der Waals surface area contributed by atoms with Crippen molar-refractivity contribution < 1.29 is 5.11 Å². The summed E-state index contributed by atoms with van der Waals surface area (Å²) in [5, 5.41) is 9.88. The molecule has 0 heterocycles. The number of allylic oxidation sites excluding steroid dienone is 3. The van der Waals surface area contributed by atoms with Crippen LogP contribution in [0.1, 0.15) is 40.0 Å². The third kappa shape index (κ3) is 1.99. The summed E-state index contributed by atoms with van der Waals surface area (Å²) in [5.41, 5.74) is 1.92. The van der Waals surface area contributed by atoms with Gasteiger partial charge >= 0.3 is 0 Å². The minimum Gasteiger partial charge on any atom is -0.389 e. The van der Waals surface area contributed by atoms with Crippen LogP contribution in [0.3, 0.4) is 0 Å². The maximum Gasteiger partial charge on any atom is 0.0726 e. The topological polar surface area (TPSA) is 20.2 Å². The summed E-state index contributed by atoms with van der Waals surface area (Å²) in [6, 6.07) is 0. The zero-order valence-corrected chi connectivity index (χ0v) is 11.9. The molecule has 1 fully saturated rings. The Morgan fingerprint density at radius 1 is 1.44 bits per heavy atom. The van der Waals surface area contributed by atoms with Crippen LogP contribution in [-0.2, 0) is 0 Å². The van der Waals surface area contributed by atoms with Crippen LogP contribution in [0.15, 0.2) is 37.0 Å². The van der Waals surface area contributed by atoms with Gasteiger partial charge in [-0.15, -0.1) is 13.2 Å². The molecule has 1 nitrogen and oxygen atoms in total. The van der Waals surface area contributed by atoms with Crippen molar-refractivity contribution in [2.24, 2.45) is 22.7 Å². The molecule has 0 aromatic rings. The smallest absolute Gasteiger partial charge is 0.0726 e. The van der Waals surface area contributed by atoms with Crippen LogP contribution in [0.4, 0.5) is 0 Å². The summed E-state index contributed by atoms with van der Waals surface area (Å²) in [5.74, 6) is 1.36. The van der Waals surface area contributed by atoms with Crippen LogP contribution in [0.2, 0.25) is 0 Å². The van der Waals surface area contributed by atoms with Gasteiger partial charge in [0.15, 0.2) is 0 Å². The first-order chi connectivity index (χ1) is 8.34. The predicted octanol–water partition coefficient (Wildman–Crippen LogP) is 4.11. The molecule has 1 saturated carbocycles. The first-order valence-electron chi connectivity index (χ1n) is 6.98. The fraction of sp³-hybridized carbons (Fsp3) is 0.647. The van der Waals surface area contributed by atoms with E-state index in [0.29, 0.717) is 17.3 Å². The summed E-state index contributed by atoms with van der Waals surface area (Å²) >= 11 is 0. The molecule has 0 radical (unpaired) electrons. The zero-order valence-electron chi connectivity index (χ0n) is 11.9. The van der Waals surface area contributed by atoms with Gasteiger partial charge in [-0.05, 0) is 48.9 Å². The van der Waals surface area contributed by atoms with Gasteiger partial charge in [-0.2, -0.15) is 0 Å². The average molecular weight is 246 g/mol. The Kier molecular flexibility index (Phi) is 3.31. The van der Waals surface area contributed by atoms with E-state index in [1.165, 1.54) is 5.57 Å². The molecule has 0 aromatic carbocycles. The Labute approximate surface area is 111 Å². The first kappa shape index (κ1) is 13.6. The van der Waals surface area contributed by atoms with Crippen molar-refractivity contribution in [1.29, 1.82) is 0 Å². The van der Waals surface area contributed by atoms with Crippen LogP contribution >= 0.6 is 0 Å². The first-order valence-corrected chi connectivity index (χ1v) is 6.98. The van der Waals surface area contributed by atoms with Gasteiger partial charge in [-0.1, -0.05) is 37.6 Å². The van der Waals surface area contributed by atoms with Gasteiger partial charge in [-0.3, -0.25) is 0 Å². The molecule has 0 spiro atoms. The largest absolute Gasteiger partial charge is 0.389 e. The molecule has 0 aliphatic heterocycles. The number of hydrogen-bond donors (Lipinski definition) is 1. The third-order valence-corrected chi connectivity index (χ3v) is 5.51. The molecule has 0 saturated heterocycles. The molecule has 1 heteroatoms. The monoisotopic (exact) mass is 246 g/mol. The van der Waals surface area contributed by atoms with E-state index in [1.807, 2.05) is 0 Å². The molecule has 2 aliphatic rings. The molecule has 100 valence electrons. The Bertz CT molecular complexity index is 390. The minimum atomic E-state index is -0.407. The molecule has 2 aliphatic carbocycles. The van der Waals surface area contributed by atoms with Gasteiger partial charge in [0.25, 0.3) is 0 Å². The van der Waals surface area contributed by atoms with Crippen molar-refractivity contribution in [1.82, 2.24) is 0 Å². The number of hydrogen-bond acceptors (Lipinski definition) is 1. The van der Waals surface area contributed by atoms with Crippen LogP contribution < -0.4 is 0 Å². The van der Waals surface area contributed by atoms with Gasteiger partial charge in [0.2, 0.25) is 0 Å². The Morgan fingerprint density at radius 3 is 2.61 bits per heavy atom. The lowest BCUT2D eigenvalue weighted by atomic mass is 9.72. The van der Waals surface area contributed by atoms with E-state index < -0.39 is 6.10 Å². The molecule has 2 rings (SSSR count). The molecule has 0 bridgehead atoms. The van der Waals surface area contributed by atoms with Gasteiger partial charge < -0.3 is 5.11 Å². The fourth-order valence-corrected chi connectivity index (χ4v) is 3.99. The summed E-state index contributed by atoms with van der Waals surface area (Å²) in [6.45, 7) is 14.7. The van der Waals surface area contributed by atoms with Crippen molar-refractivity contribution in [3.8, 4) is 0 Å². The normalized spacial score (nSPS) is 39.0. The van der Waals surface area contributed by atoms with Gasteiger partial charge in [0.1, 0.15) is 0 Å². The summed E-state index contributed by atoms with van der Waals surface area (Å²) in [7, 11) is 0. The predicted molar refractivity (Wildman–Crippen MR) is 77.2 cm³/mol. The minimum absolute atomic E-state index is 0.0947. The van der Waals surface area contributed by atoms with Crippen LogP contribution in [0.25, 0.3) is 0 Å². The second kappa shape index (κ2) is 4.38. The second-order valence-electron chi connectivity index (χ2n) is 6.82. The highest BCUT2D eigenvalue weighted by Crippen LogP contribution is 2.61. The Morgan fingerprint density at radius 2 is 2.11 bits per heavy atom. The highest BCUT2D eigenvalue weighted by molar-refractivity contribution is 5.26. The molecule has 0 aromatic heterocycles. The van der Waals surface area contributed by atoms with E-state index in [0.717, 1.165) is 19.3 Å². The van der Waals surface area contributed by atoms with E-state index in [2.05, 4.69) is 46.1 Å². The van der Waals surface area contributed by atoms with Crippen molar-refractivity contribution in [2.45, 2.75) is 46.1 Å². The fourth-order valence-electron chi connectivity index (χ4n) is 3.99. The molecule has 0 amide bonds. The van der Waals surface area contributed by atoms with Crippen LogP contribution in [-0.4, -0.2) is 11.2 Å². The molecule has 18 heavy (non-hydrogen) atoms. The van der Waals surface area contributed by atoms with E-state index in [-0.39, 0.29) is 5.41 Å². The molecular formula is C17H26O. The van der Waals surface area contributed by atoms with E-state index in [4.69, 9.17) is 0 Å². The summed E-state index contributed by atoms with van der Waals surface area (Å²) < 4.78 is 0. The van der Waals surface area contributed by atoms with E-state index in [9.17, 15) is 5.11 Å². The van der Waals surface area contributed by atoms with Crippen LogP contribution in [0, 0.1) is 22.7 Å².